The van der Waals surface area contributed by atoms with Gasteiger partial charge in [-0.25, -0.2) is 13.4 Å². The minimum Gasteiger partial charge on any atom is -0.481 e. The van der Waals surface area contributed by atoms with E-state index in [0.717, 1.165) is 19.5 Å². The fourth-order valence-electron chi connectivity index (χ4n) is 15.5. The van der Waals surface area contributed by atoms with Crippen LogP contribution in [0.15, 0.2) is 53.8 Å². The Morgan fingerprint density at radius 1 is 0.967 bits per heavy atom. The highest BCUT2D eigenvalue weighted by Crippen LogP contribution is 2.76. The quantitative estimate of drug-likeness (QED) is 0.188. The van der Waals surface area contributed by atoms with E-state index in [4.69, 9.17) is 10.5 Å². The summed E-state index contributed by atoms with van der Waals surface area (Å²) in [6.07, 6.45) is 18.6. The summed E-state index contributed by atoms with van der Waals surface area (Å²) in [6, 6.07) is 3.16. The molecule has 1 aliphatic heterocycles. The first kappa shape index (κ1) is 43.6. The molecule has 3 unspecified atom stereocenters. The maximum absolute atomic E-state index is 12.8. The molecule has 4 N–H and O–H groups in total. The molecule has 10 atom stereocenters. The largest absolute Gasteiger partial charge is 0.481 e. The Bertz CT molecular complexity index is 2070. The second kappa shape index (κ2) is 15.4. The fraction of sp³-hybridized carbons (Fsp3) is 0.735. The number of ether oxygens (including phenoxy) is 1. The number of carbonyl (C=O) groups excluding carboxylic acids is 1. The number of allylic oxidation sites excluding steroid dienone is 5. The van der Waals surface area contributed by atoms with Crippen LogP contribution < -0.4 is 15.8 Å². The number of hydrogen-bond acceptors (Lipinski definition) is 8. The zero-order chi connectivity index (χ0) is 43.1. The second-order valence-corrected chi connectivity index (χ2v) is 24.1. The number of nitrogens with one attached hydrogen (secondary N) is 1. The lowest BCUT2D eigenvalue weighted by molar-refractivity contribution is -0.221. The van der Waals surface area contributed by atoms with Crippen LogP contribution in [0.5, 0.6) is 5.88 Å². The summed E-state index contributed by atoms with van der Waals surface area (Å²) in [5.41, 5.74) is 9.31. The van der Waals surface area contributed by atoms with Crippen molar-refractivity contribution in [3.8, 4) is 5.88 Å². The molecular weight excluding hydrogens is 773 g/mol. The van der Waals surface area contributed by atoms with Crippen molar-refractivity contribution in [2.45, 2.75) is 124 Å². The number of amides is 1. The maximum Gasteiger partial charge on any atom is 0.313 e. The molecule has 11 heteroatoms. The zero-order valence-corrected chi connectivity index (χ0v) is 38.1. The molecule has 0 aromatic carbocycles. The molecule has 2 heterocycles. The minimum absolute atomic E-state index is 0.0529. The van der Waals surface area contributed by atoms with E-state index in [2.05, 4.69) is 75.5 Å². The van der Waals surface area contributed by atoms with E-state index in [9.17, 15) is 23.1 Å². The predicted octanol–water partition coefficient (Wildman–Crippen LogP) is 8.01. The number of aromatic nitrogens is 1. The average molecular weight is 845 g/mol. The van der Waals surface area contributed by atoms with Crippen LogP contribution in [0, 0.1) is 56.7 Å². The topological polar surface area (TPSA) is 152 Å². The van der Waals surface area contributed by atoms with Crippen molar-refractivity contribution in [2.24, 2.45) is 62.4 Å². The van der Waals surface area contributed by atoms with Crippen molar-refractivity contribution in [1.82, 2.24) is 15.2 Å². The number of carbonyl (C=O) groups is 2. The monoisotopic (exact) mass is 845 g/mol. The van der Waals surface area contributed by atoms with Gasteiger partial charge in [0.05, 0.1) is 11.5 Å². The van der Waals surface area contributed by atoms with Gasteiger partial charge in [-0.1, -0.05) is 58.9 Å². The number of carboxylic acid groups (broad SMARTS) is 1. The molecule has 7 aliphatic rings. The van der Waals surface area contributed by atoms with E-state index < -0.39 is 27.1 Å². The number of primary amides is 1. The standard InChI is InChI=1S/C49H72N4O6S/c1-32(2)34-14-21-49(52-25-26-53-27-29-60(57,58)30-28-53)23-22-46(6)37(40(34)49)10-11-39-45(5)17-15-36(44(3,4)38(45)16-18-47(39,46)7)33-12-19-48(20-13-33,43(55)56)31-59-42-35(41(50)54)9-8-24-51-42/h8-9,12,15,24,34,37-40,52H,1,10-11,13-14,16-23,25-31H2,2-7H3,(H2,50,54)(H,55,56)/t34-,37+,38?,39?,40?,45-,46+,47+,48+,49-/m0/s1. The number of sulfone groups is 1. The first-order valence-electron chi connectivity index (χ1n) is 23.1. The molecule has 0 bridgehead atoms. The number of nitrogens with two attached hydrogens (primary N) is 1. The van der Waals surface area contributed by atoms with E-state index in [1.54, 1.807) is 12.1 Å². The Morgan fingerprint density at radius 2 is 1.72 bits per heavy atom. The van der Waals surface area contributed by atoms with Gasteiger partial charge in [0.25, 0.3) is 5.91 Å². The molecule has 8 rings (SSSR count). The molecule has 10 nitrogen and oxygen atoms in total. The van der Waals surface area contributed by atoms with Crippen molar-refractivity contribution in [3.05, 3.63) is 59.3 Å². The van der Waals surface area contributed by atoms with Crippen molar-refractivity contribution >= 4 is 21.7 Å². The van der Waals surface area contributed by atoms with Gasteiger partial charge in [0.15, 0.2) is 9.84 Å². The van der Waals surface area contributed by atoms with Gasteiger partial charge in [-0.2, -0.15) is 0 Å². The number of aliphatic carboxylic acids is 1. The highest BCUT2D eigenvalue weighted by Gasteiger charge is 2.70. The van der Waals surface area contributed by atoms with Crippen LogP contribution in [-0.2, 0) is 14.6 Å². The van der Waals surface area contributed by atoms with Crippen molar-refractivity contribution < 1.29 is 27.9 Å². The minimum atomic E-state index is -2.89. The lowest BCUT2D eigenvalue weighted by atomic mass is 9.33. The molecule has 5 fully saturated rings. The van der Waals surface area contributed by atoms with Crippen LogP contribution in [0.4, 0.5) is 0 Å². The molecule has 1 amide bonds. The molecule has 4 saturated carbocycles. The van der Waals surface area contributed by atoms with Gasteiger partial charge in [-0.3, -0.25) is 9.59 Å². The number of rotatable bonds is 11. The van der Waals surface area contributed by atoms with Gasteiger partial charge in [-0.05, 0) is 159 Å². The molecule has 0 spiro atoms. The third-order valence-corrected chi connectivity index (χ3v) is 20.5. The average Bonchev–Trinajstić information content (AvgIpc) is 3.58. The summed E-state index contributed by atoms with van der Waals surface area (Å²) >= 11 is 0. The number of carboxylic acids is 1. The Morgan fingerprint density at radius 3 is 2.38 bits per heavy atom. The fourth-order valence-corrected chi connectivity index (χ4v) is 16.7. The summed E-state index contributed by atoms with van der Waals surface area (Å²) in [5.74, 6) is 1.99. The van der Waals surface area contributed by atoms with Gasteiger partial charge in [-0.15, -0.1) is 0 Å². The number of fused-ring (bicyclic) bond motifs is 7. The highest BCUT2D eigenvalue weighted by atomic mass is 32.2. The van der Waals surface area contributed by atoms with E-state index in [1.165, 1.54) is 74.3 Å². The van der Waals surface area contributed by atoms with E-state index in [1.807, 2.05) is 0 Å². The highest BCUT2D eigenvalue weighted by molar-refractivity contribution is 7.91. The van der Waals surface area contributed by atoms with Crippen LogP contribution >= 0.6 is 0 Å². The summed E-state index contributed by atoms with van der Waals surface area (Å²) in [7, 11) is -2.89. The summed E-state index contributed by atoms with van der Waals surface area (Å²) < 4.78 is 30.1. The number of nitrogens with zero attached hydrogens (tertiary/aromatic N) is 2. The Kier molecular flexibility index (Phi) is 11.2. The molecule has 330 valence electrons. The molecule has 1 saturated heterocycles. The number of pyridine rings is 1. The Hall–Kier alpha value is -3.02. The third-order valence-electron chi connectivity index (χ3n) is 18.9. The van der Waals surface area contributed by atoms with E-state index in [0.29, 0.717) is 61.9 Å². The molecular formula is C49H72N4O6S. The predicted molar refractivity (Wildman–Crippen MR) is 236 cm³/mol. The van der Waals surface area contributed by atoms with Gasteiger partial charge >= 0.3 is 5.97 Å². The van der Waals surface area contributed by atoms with Crippen molar-refractivity contribution in [2.75, 3.05) is 44.3 Å². The molecule has 1 aromatic rings. The van der Waals surface area contributed by atoms with Crippen LogP contribution in [0.2, 0.25) is 0 Å². The van der Waals surface area contributed by atoms with Gasteiger partial charge in [0.2, 0.25) is 5.88 Å². The lowest BCUT2D eigenvalue weighted by Gasteiger charge is -2.72. The lowest BCUT2D eigenvalue weighted by Crippen LogP contribution is -2.68. The van der Waals surface area contributed by atoms with Crippen LogP contribution in [0.25, 0.3) is 0 Å². The first-order chi connectivity index (χ1) is 28.2. The zero-order valence-electron chi connectivity index (χ0n) is 37.3. The van der Waals surface area contributed by atoms with Crippen molar-refractivity contribution in [3.63, 3.8) is 0 Å². The van der Waals surface area contributed by atoms with Crippen LogP contribution in [0.3, 0.4) is 0 Å². The molecule has 1 aromatic heterocycles. The Labute approximate surface area is 359 Å². The summed E-state index contributed by atoms with van der Waals surface area (Å²) in [5, 5.41) is 14.7. The normalized spacial score (nSPS) is 40.7. The number of hydrogen-bond donors (Lipinski definition) is 3. The van der Waals surface area contributed by atoms with Gasteiger partial charge < -0.3 is 25.8 Å². The smallest absolute Gasteiger partial charge is 0.313 e. The van der Waals surface area contributed by atoms with Gasteiger partial charge in [0, 0.05) is 37.9 Å². The SMILES string of the molecule is C=C(C)[C@@H]1CC[C@]2(NCCN3CCS(=O)(=O)CC3)CC[C@]3(C)[C@H](CCC4[C@@]5(C)CC=C(C6=CC[C@@](COc7ncccc7C(N)=O)(C(=O)O)CC6)C(C)(C)C5CC[C@]43C)C12. The molecule has 6 aliphatic carbocycles. The maximum atomic E-state index is 12.8. The van der Waals surface area contributed by atoms with Crippen molar-refractivity contribution in [1.29, 1.82) is 0 Å². The van der Waals surface area contributed by atoms with E-state index >= 15 is 0 Å². The third kappa shape index (κ3) is 6.94. The van der Waals surface area contributed by atoms with Crippen LogP contribution in [-0.4, -0.2) is 85.1 Å². The van der Waals surface area contributed by atoms with Crippen LogP contribution in [0.1, 0.15) is 129 Å². The summed E-state index contributed by atoms with van der Waals surface area (Å²) in [4.78, 5) is 31.3. The van der Waals surface area contributed by atoms with E-state index in [-0.39, 0.29) is 56.8 Å². The second-order valence-electron chi connectivity index (χ2n) is 21.8. The molecule has 60 heavy (non-hydrogen) atoms. The van der Waals surface area contributed by atoms with Gasteiger partial charge in [0.1, 0.15) is 17.6 Å². The summed E-state index contributed by atoms with van der Waals surface area (Å²) in [6.45, 7) is 22.9. The molecule has 0 radical (unpaired) electrons. The Balaban J connectivity index is 1.01. The first-order valence-corrected chi connectivity index (χ1v) is 24.9.